The summed E-state index contributed by atoms with van der Waals surface area (Å²) in [4.78, 5) is 61.8. The maximum Gasteiger partial charge on any atom is 0.313 e. The number of carbonyl (C=O) groups excluding carboxylic acids is 4. The number of fused-ring (bicyclic) bond motifs is 2. The summed E-state index contributed by atoms with van der Waals surface area (Å²) in [5, 5.41) is 9.51. The largest absolute Gasteiger partial charge is 0.455 e. The normalized spacial score (nSPS) is 33.3. The van der Waals surface area contributed by atoms with Crippen molar-refractivity contribution < 1.29 is 33.8 Å². The number of benzene rings is 1. The van der Waals surface area contributed by atoms with E-state index >= 15 is 0 Å². The Morgan fingerprint density at radius 1 is 1.07 bits per heavy atom. The van der Waals surface area contributed by atoms with E-state index in [1.807, 2.05) is 62.4 Å². The fourth-order valence-corrected chi connectivity index (χ4v) is 8.26. The number of hydrogen-bond acceptors (Lipinski definition) is 7. The Morgan fingerprint density at radius 3 is 2.50 bits per heavy atom. The number of aliphatic hydroxyl groups is 1. The summed E-state index contributed by atoms with van der Waals surface area (Å²) >= 11 is 3.62. The molecule has 4 aliphatic rings. The molecule has 1 aromatic rings. The Morgan fingerprint density at radius 2 is 1.80 bits per heavy atom. The van der Waals surface area contributed by atoms with Gasteiger partial charge in [0.2, 0.25) is 17.7 Å². The summed E-state index contributed by atoms with van der Waals surface area (Å²) in [6.07, 6.45) is 7.42. The molecule has 10 nitrogen and oxygen atoms in total. The second-order valence-electron chi connectivity index (χ2n) is 12.9. The molecule has 3 amide bonds. The average molecular weight is 701 g/mol. The van der Waals surface area contributed by atoms with Gasteiger partial charge in [0, 0.05) is 43.7 Å². The van der Waals surface area contributed by atoms with Gasteiger partial charge in [0.05, 0.1) is 12.0 Å². The Balaban J connectivity index is 1.62. The van der Waals surface area contributed by atoms with Crippen molar-refractivity contribution in [2.75, 3.05) is 26.7 Å². The number of halogens is 1. The SMILES string of the molecule is CCCC(C)N1C/C=C\CCC(=O)N(C)[C@H](C)[C@@H](c2ccccc2)OC(=O)[C@@H]2[C@H]3O[C@@]4(C=C3Br)[C@H](C1=O)N(CCCCO)C(=O)[C@@H]24. The van der Waals surface area contributed by atoms with Crippen LogP contribution in [0.1, 0.15) is 71.0 Å². The minimum Gasteiger partial charge on any atom is -0.455 e. The van der Waals surface area contributed by atoms with Crippen LogP contribution in [0, 0.1) is 11.8 Å². The van der Waals surface area contributed by atoms with E-state index in [4.69, 9.17) is 9.47 Å². The first-order chi connectivity index (χ1) is 22.1. The highest BCUT2D eigenvalue weighted by Crippen LogP contribution is 2.59. The first-order valence-electron chi connectivity index (χ1n) is 16.5. The van der Waals surface area contributed by atoms with Crippen molar-refractivity contribution in [3.8, 4) is 0 Å². The third kappa shape index (κ3) is 6.18. The monoisotopic (exact) mass is 699 g/mol. The number of unbranched alkanes of at least 4 members (excludes halogenated alkanes) is 1. The van der Waals surface area contributed by atoms with Crippen molar-refractivity contribution in [3.05, 3.63) is 58.6 Å². The van der Waals surface area contributed by atoms with Crippen molar-refractivity contribution in [2.24, 2.45) is 11.8 Å². The van der Waals surface area contributed by atoms with Crippen LogP contribution in [0.15, 0.2) is 53.0 Å². The number of aliphatic hydroxyl groups excluding tert-OH is 1. The van der Waals surface area contributed by atoms with Gasteiger partial charge in [-0.15, -0.1) is 0 Å². The van der Waals surface area contributed by atoms with Gasteiger partial charge in [-0.1, -0.05) is 71.8 Å². The zero-order valence-electron chi connectivity index (χ0n) is 27.1. The molecule has 1 spiro atoms. The fourth-order valence-electron chi connectivity index (χ4n) is 7.53. The van der Waals surface area contributed by atoms with Crippen LogP contribution in [-0.4, -0.2) is 100 Å². The summed E-state index contributed by atoms with van der Waals surface area (Å²) in [5.74, 6) is -3.23. The summed E-state index contributed by atoms with van der Waals surface area (Å²) in [7, 11) is 1.71. The van der Waals surface area contributed by atoms with E-state index in [1.165, 1.54) is 0 Å². The zero-order chi connectivity index (χ0) is 33.2. The predicted molar refractivity (Wildman–Crippen MR) is 175 cm³/mol. The Kier molecular flexibility index (Phi) is 10.7. The molecule has 0 radical (unpaired) electrons. The summed E-state index contributed by atoms with van der Waals surface area (Å²) in [6.45, 7) is 6.45. The predicted octanol–water partition coefficient (Wildman–Crippen LogP) is 4.13. The van der Waals surface area contributed by atoms with Gasteiger partial charge in [0.1, 0.15) is 29.8 Å². The summed E-state index contributed by atoms with van der Waals surface area (Å²) in [5.41, 5.74) is -0.630. The third-order valence-corrected chi connectivity index (χ3v) is 10.7. The number of allylic oxidation sites excluding steroid dienone is 1. The van der Waals surface area contributed by atoms with Crippen molar-refractivity contribution in [2.45, 2.75) is 95.2 Å². The molecular weight excluding hydrogens is 654 g/mol. The molecule has 1 N–H and O–H groups in total. The summed E-state index contributed by atoms with van der Waals surface area (Å²) < 4.78 is 13.5. The van der Waals surface area contributed by atoms with Crippen LogP contribution in [0.25, 0.3) is 0 Å². The molecule has 250 valence electrons. The Hall–Kier alpha value is -3.02. The second-order valence-corrected chi connectivity index (χ2v) is 13.9. The highest BCUT2D eigenvalue weighted by Gasteiger charge is 2.75. The topological polar surface area (TPSA) is 117 Å². The quantitative estimate of drug-likeness (QED) is 0.247. The Bertz CT molecular complexity index is 1370. The lowest BCUT2D eigenvalue weighted by molar-refractivity contribution is -0.164. The van der Waals surface area contributed by atoms with Crippen molar-refractivity contribution in [1.82, 2.24) is 14.7 Å². The molecule has 1 aromatic carbocycles. The van der Waals surface area contributed by atoms with E-state index in [9.17, 15) is 24.3 Å². The van der Waals surface area contributed by atoms with Crippen LogP contribution in [0.5, 0.6) is 0 Å². The molecule has 11 heteroatoms. The van der Waals surface area contributed by atoms with E-state index in [0.717, 1.165) is 18.4 Å². The van der Waals surface area contributed by atoms with Gasteiger partial charge in [0.15, 0.2) is 0 Å². The fraction of sp³-hybridized carbons (Fsp3) is 0.600. The second kappa shape index (κ2) is 14.4. The number of hydrogen-bond donors (Lipinski definition) is 1. The number of amides is 3. The molecule has 2 saturated heterocycles. The van der Waals surface area contributed by atoms with Crippen LogP contribution in [0.3, 0.4) is 0 Å². The van der Waals surface area contributed by atoms with Crippen LogP contribution >= 0.6 is 15.9 Å². The lowest BCUT2D eigenvalue weighted by Gasteiger charge is -2.38. The van der Waals surface area contributed by atoms with E-state index in [-0.39, 0.29) is 43.3 Å². The van der Waals surface area contributed by atoms with Gasteiger partial charge in [0.25, 0.3) is 0 Å². The van der Waals surface area contributed by atoms with Gasteiger partial charge in [-0.25, -0.2) is 0 Å². The minimum absolute atomic E-state index is 0.0331. The molecule has 4 heterocycles. The molecule has 1 unspecified atom stereocenters. The van der Waals surface area contributed by atoms with E-state index in [2.05, 4.69) is 22.9 Å². The van der Waals surface area contributed by atoms with Crippen LogP contribution < -0.4 is 0 Å². The molecule has 0 aromatic heterocycles. The highest BCUT2D eigenvalue weighted by molar-refractivity contribution is 9.11. The summed E-state index contributed by atoms with van der Waals surface area (Å²) in [6, 6.07) is 7.68. The van der Waals surface area contributed by atoms with Crippen molar-refractivity contribution in [1.29, 1.82) is 0 Å². The zero-order valence-corrected chi connectivity index (χ0v) is 28.7. The molecule has 0 saturated carbocycles. The van der Waals surface area contributed by atoms with Gasteiger partial charge < -0.3 is 29.3 Å². The van der Waals surface area contributed by atoms with Crippen molar-refractivity contribution in [3.63, 3.8) is 0 Å². The highest BCUT2D eigenvalue weighted by atomic mass is 79.9. The molecule has 4 aliphatic heterocycles. The van der Waals surface area contributed by atoms with E-state index in [1.54, 1.807) is 21.7 Å². The molecular formula is C35H46BrN3O7. The molecule has 8 atom stereocenters. The minimum atomic E-state index is -1.36. The number of carbonyl (C=O) groups is 4. The average Bonchev–Trinajstić information content (AvgIpc) is 3.63. The molecule has 2 fully saturated rings. The Labute approximate surface area is 279 Å². The number of ether oxygens (including phenoxy) is 2. The lowest BCUT2D eigenvalue weighted by atomic mass is 9.74. The van der Waals surface area contributed by atoms with E-state index < -0.39 is 47.7 Å². The number of esters is 1. The van der Waals surface area contributed by atoms with Crippen LogP contribution in [-0.2, 0) is 28.7 Å². The first-order valence-corrected chi connectivity index (χ1v) is 17.3. The maximum atomic E-state index is 14.7. The van der Waals surface area contributed by atoms with Crippen LogP contribution in [0.2, 0.25) is 0 Å². The number of cyclic esters (lactones) is 1. The van der Waals surface area contributed by atoms with Gasteiger partial charge in [-0.05, 0) is 51.2 Å². The van der Waals surface area contributed by atoms with E-state index in [0.29, 0.717) is 30.3 Å². The first kappa shape index (κ1) is 34.3. The van der Waals surface area contributed by atoms with Gasteiger partial charge in [-0.2, -0.15) is 0 Å². The lowest BCUT2D eigenvalue weighted by Crippen LogP contribution is -2.57. The number of rotatable bonds is 8. The molecule has 0 aliphatic carbocycles. The smallest absolute Gasteiger partial charge is 0.313 e. The van der Waals surface area contributed by atoms with Crippen molar-refractivity contribution >= 4 is 39.6 Å². The molecule has 46 heavy (non-hydrogen) atoms. The third-order valence-electron chi connectivity index (χ3n) is 10.1. The van der Waals surface area contributed by atoms with Gasteiger partial charge >= 0.3 is 5.97 Å². The number of likely N-dealkylation sites (N-methyl/N-ethyl adjacent to an activating group) is 1. The van der Waals surface area contributed by atoms with Gasteiger partial charge in [-0.3, -0.25) is 19.2 Å². The maximum absolute atomic E-state index is 14.7. The molecule has 5 rings (SSSR count). The number of nitrogens with zero attached hydrogens (tertiary/aromatic N) is 3. The van der Waals surface area contributed by atoms with Crippen LogP contribution in [0.4, 0.5) is 0 Å². The molecule has 5 bridgehead atoms. The standard InChI is InChI=1S/C35H46BrN3O7/c1-5-14-22(2)38-18-11-7-10-17-26(41)37(4)23(3)29(24-15-8-6-9-16-24)45-34(44)27-28-32(42)39(19-12-13-20-40)31(33(38)43)35(28)21-25(36)30(27)46-35/h6-9,11,15-16,21-23,27-31,40H,5,10,12-14,17-20H2,1-4H3/b11-7-/t22?,23-,27+,28-,29+,30+,31+,35-/m1/s1. The number of likely N-dealkylation sites (tertiary alicyclic amines) is 1.